The number of hydrogen-bond donors (Lipinski definition) is 1. The van der Waals surface area contributed by atoms with Crippen molar-refractivity contribution in [3.63, 3.8) is 0 Å². The molecule has 0 fully saturated rings. The average molecular weight is 391 g/mol. The molecule has 146 valence electrons. The van der Waals surface area contributed by atoms with Gasteiger partial charge >= 0.3 is 0 Å². The molecule has 29 heavy (non-hydrogen) atoms. The first-order valence-electron chi connectivity index (χ1n) is 8.83. The van der Waals surface area contributed by atoms with Crippen molar-refractivity contribution in [3.05, 3.63) is 70.4 Å². The third-order valence-corrected chi connectivity index (χ3v) is 4.60. The van der Waals surface area contributed by atoms with Gasteiger partial charge in [-0.05, 0) is 31.2 Å². The lowest BCUT2D eigenvalue weighted by atomic mass is 10.0. The molecule has 0 bridgehead atoms. The largest absolute Gasteiger partial charge is 0.364 e. The van der Waals surface area contributed by atoms with Crippen molar-refractivity contribution in [2.45, 2.75) is 20.0 Å². The van der Waals surface area contributed by atoms with Gasteiger partial charge in [0.1, 0.15) is 5.69 Å². The van der Waals surface area contributed by atoms with E-state index in [1.54, 1.807) is 40.7 Å². The number of amides is 1. The smallest absolute Gasteiger partial charge is 0.278 e. The number of carbonyl (C=O) groups excluding carboxylic acids is 1. The second-order valence-electron chi connectivity index (χ2n) is 6.53. The number of nitrogens with two attached hydrogens (primary N) is 1. The number of nitro benzene ring substituents is 1. The van der Waals surface area contributed by atoms with Crippen LogP contribution in [-0.2, 0) is 13.1 Å². The van der Waals surface area contributed by atoms with E-state index >= 15 is 0 Å². The van der Waals surface area contributed by atoms with Gasteiger partial charge in [0.2, 0.25) is 0 Å². The van der Waals surface area contributed by atoms with E-state index in [1.807, 2.05) is 12.3 Å². The minimum absolute atomic E-state index is 0.00400. The monoisotopic (exact) mass is 391 g/mol. The summed E-state index contributed by atoms with van der Waals surface area (Å²) < 4.78 is 3.29. The van der Waals surface area contributed by atoms with Crippen molar-refractivity contribution in [1.29, 1.82) is 0 Å². The van der Waals surface area contributed by atoms with Crippen molar-refractivity contribution >= 4 is 22.4 Å². The highest BCUT2D eigenvalue weighted by Gasteiger charge is 2.16. The first kappa shape index (κ1) is 18.3. The Bertz CT molecular complexity index is 1240. The van der Waals surface area contributed by atoms with E-state index in [-0.39, 0.29) is 5.69 Å². The Morgan fingerprint density at radius 3 is 2.76 bits per heavy atom. The number of pyridine rings is 1. The maximum absolute atomic E-state index is 11.5. The Hall–Kier alpha value is -4.08. The average Bonchev–Trinajstić information content (AvgIpc) is 3.31. The molecule has 10 heteroatoms. The van der Waals surface area contributed by atoms with Crippen LogP contribution in [0.15, 0.2) is 48.9 Å². The number of rotatable bonds is 6. The molecule has 4 rings (SSSR count). The first-order chi connectivity index (χ1) is 13.9. The van der Waals surface area contributed by atoms with E-state index in [2.05, 4.69) is 15.2 Å². The molecular formula is C19H17N7O3. The van der Waals surface area contributed by atoms with E-state index in [1.165, 1.54) is 12.3 Å². The van der Waals surface area contributed by atoms with Crippen LogP contribution in [0.3, 0.4) is 0 Å². The summed E-state index contributed by atoms with van der Waals surface area (Å²) >= 11 is 0. The molecule has 2 N–H and O–H groups in total. The van der Waals surface area contributed by atoms with Crippen LogP contribution in [0, 0.1) is 17.0 Å². The van der Waals surface area contributed by atoms with Gasteiger partial charge in [-0.25, -0.2) is 0 Å². The Kier molecular flexibility index (Phi) is 4.51. The molecule has 3 heterocycles. The van der Waals surface area contributed by atoms with Gasteiger partial charge < -0.3 is 5.73 Å². The summed E-state index contributed by atoms with van der Waals surface area (Å²) in [6.45, 7) is 2.70. The van der Waals surface area contributed by atoms with Gasteiger partial charge in [-0.1, -0.05) is 0 Å². The summed E-state index contributed by atoms with van der Waals surface area (Å²) in [6.07, 6.45) is 4.89. The molecule has 0 aliphatic carbocycles. The zero-order chi connectivity index (χ0) is 20.5. The highest BCUT2D eigenvalue weighted by atomic mass is 16.6. The number of fused-ring (bicyclic) bond motifs is 1. The van der Waals surface area contributed by atoms with Crippen LogP contribution in [-0.4, -0.2) is 35.4 Å². The van der Waals surface area contributed by atoms with Crippen LogP contribution in [0.2, 0.25) is 0 Å². The third kappa shape index (κ3) is 3.43. The Morgan fingerprint density at radius 1 is 1.17 bits per heavy atom. The van der Waals surface area contributed by atoms with Crippen molar-refractivity contribution in [2.75, 3.05) is 0 Å². The molecule has 4 aromatic rings. The van der Waals surface area contributed by atoms with Crippen molar-refractivity contribution < 1.29 is 9.72 Å². The Balaban J connectivity index is 1.63. The summed E-state index contributed by atoms with van der Waals surface area (Å²) in [7, 11) is 0. The topological polar surface area (TPSA) is 135 Å². The number of carbonyl (C=O) groups is 1. The zero-order valence-electron chi connectivity index (χ0n) is 15.5. The van der Waals surface area contributed by atoms with Gasteiger partial charge in [0.15, 0.2) is 0 Å². The van der Waals surface area contributed by atoms with Crippen molar-refractivity contribution in [2.24, 2.45) is 5.73 Å². The van der Waals surface area contributed by atoms with Crippen molar-refractivity contribution in [1.82, 2.24) is 24.5 Å². The summed E-state index contributed by atoms with van der Waals surface area (Å²) in [5.74, 6) is -0.530. The maximum atomic E-state index is 11.5. The van der Waals surface area contributed by atoms with Gasteiger partial charge in [0.25, 0.3) is 11.6 Å². The summed E-state index contributed by atoms with van der Waals surface area (Å²) in [6, 6.07) is 8.37. The molecule has 0 radical (unpaired) electrons. The summed E-state index contributed by atoms with van der Waals surface area (Å²) in [4.78, 5) is 26.4. The number of hydrogen-bond acceptors (Lipinski definition) is 6. The maximum Gasteiger partial charge on any atom is 0.278 e. The fourth-order valence-electron chi connectivity index (χ4n) is 3.30. The predicted molar refractivity (Wildman–Crippen MR) is 105 cm³/mol. The SMILES string of the molecule is Cc1cc(C(N)=O)n(CCn2ccc(-c3ccc([N+](=O)[O-])c4cnccc34)n2)n1. The molecule has 0 aliphatic rings. The second kappa shape index (κ2) is 7.15. The van der Waals surface area contributed by atoms with Crippen LogP contribution in [0.4, 0.5) is 5.69 Å². The van der Waals surface area contributed by atoms with Gasteiger partial charge in [-0.3, -0.25) is 29.3 Å². The second-order valence-corrected chi connectivity index (χ2v) is 6.53. The Morgan fingerprint density at radius 2 is 2.00 bits per heavy atom. The number of non-ortho nitro benzene ring substituents is 1. The first-order valence-corrected chi connectivity index (χ1v) is 8.83. The number of aryl methyl sites for hydroxylation is 3. The summed E-state index contributed by atoms with van der Waals surface area (Å²) in [5, 5.41) is 21.3. The molecule has 10 nitrogen and oxygen atoms in total. The molecule has 0 aliphatic heterocycles. The molecule has 0 saturated heterocycles. The lowest BCUT2D eigenvalue weighted by molar-refractivity contribution is -0.383. The van der Waals surface area contributed by atoms with Crippen LogP contribution in [0.1, 0.15) is 16.2 Å². The fraction of sp³-hybridized carbons (Fsp3) is 0.158. The fourth-order valence-corrected chi connectivity index (χ4v) is 3.30. The van der Waals surface area contributed by atoms with Crippen LogP contribution >= 0.6 is 0 Å². The molecular weight excluding hydrogens is 374 g/mol. The number of primary amides is 1. The highest BCUT2D eigenvalue weighted by Crippen LogP contribution is 2.32. The number of nitro groups is 1. The van der Waals surface area contributed by atoms with Crippen LogP contribution in [0.5, 0.6) is 0 Å². The summed E-state index contributed by atoms with van der Waals surface area (Å²) in [5.41, 5.74) is 7.92. The molecule has 0 atom stereocenters. The minimum atomic E-state index is -0.530. The van der Waals surface area contributed by atoms with Crippen molar-refractivity contribution in [3.8, 4) is 11.3 Å². The van der Waals surface area contributed by atoms with Gasteiger partial charge in [0.05, 0.1) is 34.8 Å². The molecule has 0 saturated carbocycles. The third-order valence-electron chi connectivity index (χ3n) is 4.60. The van der Waals surface area contributed by atoms with E-state index in [9.17, 15) is 14.9 Å². The normalized spacial score (nSPS) is 11.1. The van der Waals surface area contributed by atoms with E-state index < -0.39 is 10.8 Å². The lowest BCUT2D eigenvalue weighted by Crippen LogP contribution is -2.19. The molecule has 1 aromatic carbocycles. The quantitative estimate of drug-likeness (QED) is 0.396. The predicted octanol–water partition coefficient (Wildman–Crippen LogP) is 2.31. The van der Waals surface area contributed by atoms with Crippen LogP contribution in [0.25, 0.3) is 22.0 Å². The highest BCUT2D eigenvalue weighted by molar-refractivity contribution is 6.00. The van der Waals surface area contributed by atoms with E-state index in [4.69, 9.17) is 5.73 Å². The van der Waals surface area contributed by atoms with Gasteiger partial charge in [-0.2, -0.15) is 10.2 Å². The van der Waals surface area contributed by atoms with E-state index in [0.29, 0.717) is 40.9 Å². The minimum Gasteiger partial charge on any atom is -0.364 e. The molecule has 3 aromatic heterocycles. The lowest BCUT2D eigenvalue weighted by Gasteiger charge is -2.06. The molecule has 0 unspecified atom stereocenters. The van der Waals surface area contributed by atoms with Gasteiger partial charge in [-0.15, -0.1) is 0 Å². The van der Waals surface area contributed by atoms with Crippen LogP contribution < -0.4 is 5.73 Å². The Labute approximate surface area is 164 Å². The number of benzene rings is 1. The zero-order valence-corrected chi connectivity index (χ0v) is 15.5. The standard InChI is InChI=1S/C19H17N7O3/c1-12-10-18(19(20)27)25(22-12)9-8-24-7-5-16(23-24)14-2-3-17(26(28)29)15-11-21-6-4-13(14)15/h2-7,10-11H,8-9H2,1H3,(H2,20,27). The number of nitrogens with zero attached hydrogens (tertiary/aromatic N) is 6. The molecule has 0 spiro atoms. The number of aromatic nitrogens is 5. The molecule has 1 amide bonds. The van der Waals surface area contributed by atoms with E-state index in [0.717, 1.165) is 5.56 Å². The van der Waals surface area contributed by atoms with Gasteiger partial charge in [0, 0.05) is 35.6 Å².